The normalized spacial score (nSPS) is 12.6. The van der Waals surface area contributed by atoms with Crippen molar-refractivity contribution in [1.82, 2.24) is 10.1 Å². The first-order valence-electron chi connectivity index (χ1n) is 8.47. The van der Waals surface area contributed by atoms with Crippen molar-refractivity contribution in [2.45, 2.75) is 45.1 Å². The number of aromatic nitrogens is 2. The zero-order chi connectivity index (χ0) is 19.1. The molecule has 148 valence electrons. The van der Waals surface area contributed by atoms with Crippen LogP contribution in [0.15, 0.2) is 28.8 Å². The zero-order valence-corrected chi connectivity index (χ0v) is 16.4. The van der Waals surface area contributed by atoms with Crippen LogP contribution in [0.25, 0.3) is 0 Å². The number of halogens is 1. The van der Waals surface area contributed by atoms with Crippen LogP contribution in [0.2, 0.25) is 0 Å². The van der Waals surface area contributed by atoms with E-state index in [1.54, 1.807) is 0 Å². The highest BCUT2D eigenvalue weighted by atomic mass is 35.5. The van der Waals surface area contributed by atoms with Crippen LogP contribution in [0, 0.1) is 0 Å². The molecule has 0 spiro atoms. The molecular weight excluding hydrogens is 372 g/mol. The fourth-order valence-electron chi connectivity index (χ4n) is 2.35. The molecule has 9 heteroatoms. The molecule has 1 aromatic heterocycles. The third-order valence-corrected chi connectivity index (χ3v) is 4.10. The quantitative estimate of drug-likeness (QED) is 0.656. The average Bonchev–Trinajstić information content (AvgIpc) is 3.07. The van der Waals surface area contributed by atoms with E-state index in [2.05, 4.69) is 34.0 Å². The Morgan fingerprint density at radius 2 is 1.96 bits per heavy atom. The Morgan fingerprint density at radius 1 is 1.30 bits per heavy atom. The number of carbonyl (C=O) groups excluding carboxylic acids is 2. The number of methoxy groups -OCH3 is 1. The van der Waals surface area contributed by atoms with E-state index < -0.39 is 12.0 Å². The first-order valence-corrected chi connectivity index (χ1v) is 8.47. The number of carbonyl (C=O) groups is 2. The maximum atomic E-state index is 12.1. The van der Waals surface area contributed by atoms with Gasteiger partial charge in [0.05, 0.1) is 20.0 Å². The molecule has 2 rings (SSSR count). The minimum Gasteiger partial charge on any atom is -0.468 e. The van der Waals surface area contributed by atoms with Gasteiger partial charge in [0, 0.05) is 5.69 Å². The summed E-state index contributed by atoms with van der Waals surface area (Å²) in [6.45, 7) is 4.30. The molecule has 2 atom stereocenters. The van der Waals surface area contributed by atoms with Crippen LogP contribution in [0.5, 0.6) is 0 Å². The second kappa shape index (κ2) is 10.6. The number of hydrogen-bond donors (Lipinski definition) is 2. The largest absolute Gasteiger partial charge is 0.468 e. The molecule has 0 aliphatic rings. The van der Waals surface area contributed by atoms with Gasteiger partial charge in [-0.3, -0.25) is 9.59 Å². The van der Waals surface area contributed by atoms with Crippen LogP contribution in [0.1, 0.15) is 43.5 Å². The van der Waals surface area contributed by atoms with E-state index >= 15 is 0 Å². The lowest BCUT2D eigenvalue weighted by atomic mass is 9.99. The minimum atomic E-state index is -0.883. The summed E-state index contributed by atoms with van der Waals surface area (Å²) < 4.78 is 9.54. The van der Waals surface area contributed by atoms with Crippen LogP contribution >= 0.6 is 12.4 Å². The first kappa shape index (κ1) is 22.6. The van der Waals surface area contributed by atoms with E-state index in [0.717, 1.165) is 6.42 Å². The number of hydrogen-bond acceptors (Lipinski definition) is 7. The lowest BCUT2D eigenvalue weighted by molar-refractivity contribution is -0.142. The standard InChI is InChI=1S/C18H24N4O4.ClH/c1-4-11(2)12-5-7-13(8-6-12)20-16(23)10-15-21-17(26-22-15)9-14(19)18(24)25-3;/h5-8,11,14H,4,9-10,19H2,1-3H3,(H,20,23);1H/t11?,14-;/m1./s1. The van der Waals surface area contributed by atoms with E-state index in [9.17, 15) is 9.59 Å². The van der Waals surface area contributed by atoms with Crippen molar-refractivity contribution in [3.63, 3.8) is 0 Å². The molecular formula is C18H25ClN4O4. The predicted octanol–water partition coefficient (Wildman–Crippen LogP) is 2.23. The van der Waals surface area contributed by atoms with Gasteiger partial charge >= 0.3 is 5.97 Å². The van der Waals surface area contributed by atoms with Crippen LogP contribution in [0.3, 0.4) is 0 Å². The Balaban J connectivity index is 0.00000364. The van der Waals surface area contributed by atoms with Crippen molar-refractivity contribution in [3.8, 4) is 0 Å². The van der Waals surface area contributed by atoms with Gasteiger partial charge < -0.3 is 20.3 Å². The molecule has 0 fully saturated rings. The summed E-state index contributed by atoms with van der Waals surface area (Å²) in [5.74, 6) is 0.0671. The average molecular weight is 397 g/mol. The Hall–Kier alpha value is -2.45. The number of rotatable bonds is 8. The van der Waals surface area contributed by atoms with Crippen molar-refractivity contribution in [2.75, 3.05) is 12.4 Å². The third kappa shape index (κ3) is 6.65. The predicted molar refractivity (Wildman–Crippen MR) is 103 cm³/mol. The highest BCUT2D eigenvalue weighted by Crippen LogP contribution is 2.20. The van der Waals surface area contributed by atoms with Gasteiger partial charge in [-0.15, -0.1) is 12.4 Å². The van der Waals surface area contributed by atoms with Gasteiger partial charge in [-0.2, -0.15) is 4.98 Å². The van der Waals surface area contributed by atoms with E-state index in [1.165, 1.54) is 12.7 Å². The summed E-state index contributed by atoms with van der Waals surface area (Å²) in [5, 5.41) is 6.52. The maximum Gasteiger partial charge on any atom is 0.323 e. The molecule has 1 heterocycles. The molecule has 8 nitrogen and oxygen atoms in total. The molecule has 0 bridgehead atoms. The number of anilines is 1. The van der Waals surface area contributed by atoms with Crippen LogP contribution < -0.4 is 11.1 Å². The number of nitrogens with one attached hydrogen (secondary N) is 1. The molecule has 0 radical (unpaired) electrons. The molecule has 1 amide bonds. The molecule has 0 saturated heterocycles. The van der Waals surface area contributed by atoms with Crippen molar-refractivity contribution < 1.29 is 18.8 Å². The first-order chi connectivity index (χ1) is 12.4. The van der Waals surface area contributed by atoms with Crippen LogP contribution in [0.4, 0.5) is 5.69 Å². The lowest BCUT2D eigenvalue weighted by Gasteiger charge is -2.10. The van der Waals surface area contributed by atoms with Crippen molar-refractivity contribution in [2.24, 2.45) is 5.73 Å². The maximum absolute atomic E-state index is 12.1. The highest BCUT2D eigenvalue weighted by Gasteiger charge is 2.19. The number of ether oxygens (including phenoxy) is 1. The highest BCUT2D eigenvalue weighted by molar-refractivity contribution is 5.91. The Labute approximate surface area is 164 Å². The van der Waals surface area contributed by atoms with Gasteiger partial charge in [0.1, 0.15) is 6.04 Å². The molecule has 3 N–H and O–H groups in total. The Morgan fingerprint density at radius 3 is 2.56 bits per heavy atom. The number of benzene rings is 1. The summed E-state index contributed by atoms with van der Waals surface area (Å²) in [5.41, 5.74) is 7.57. The van der Waals surface area contributed by atoms with Crippen molar-refractivity contribution in [1.29, 1.82) is 0 Å². The SMILES string of the molecule is CCC(C)c1ccc(NC(=O)Cc2noc(C[C@@H](N)C(=O)OC)n2)cc1.Cl. The van der Waals surface area contributed by atoms with Crippen molar-refractivity contribution >= 4 is 30.0 Å². The van der Waals surface area contributed by atoms with Crippen LogP contribution in [-0.4, -0.2) is 35.2 Å². The summed E-state index contributed by atoms with van der Waals surface area (Å²) in [6.07, 6.45) is 1.08. The zero-order valence-electron chi connectivity index (χ0n) is 15.6. The van der Waals surface area contributed by atoms with Gasteiger partial charge in [0.2, 0.25) is 11.8 Å². The van der Waals surface area contributed by atoms with Gasteiger partial charge in [0.25, 0.3) is 0 Å². The molecule has 0 saturated carbocycles. The van der Waals surface area contributed by atoms with Gasteiger partial charge in [-0.1, -0.05) is 31.1 Å². The Kier molecular flexibility index (Phi) is 8.90. The minimum absolute atomic E-state index is 0. The molecule has 27 heavy (non-hydrogen) atoms. The number of nitrogens with two attached hydrogens (primary N) is 1. The summed E-state index contributed by atoms with van der Waals surface area (Å²) >= 11 is 0. The smallest absolute Gasteiger partial charge is 0.323 e. The second-order valence-corrected chi connectivity index (χ2v) is 6.09. The number of esters is 1. The third-order valence-electron chi connectivity index (χ3n) is 4.10. The fourth-order valence-corrected chi connectivity index (χ4v) is 2.35. The van der Waals surface area contributed by atoms with Crippen molar-refractivity contribution in [3.05, 3.63) is 41.5 Å². The summed E-state index contributed by atoms with van der Waals surface area (Å²) in [7, 11) is 1.25. The summed E-state index contributed by atoms with van der Waals surface area (Å²) in [4.78, 5) is 27.5. The van der Waals surface area contributed by atoms with Gasteiger partial charge in [0.15, 0.2) is 5.82 Å². The fraction of sp³-hybridized carbons (Fsp3) is 0.444. The van der Waals surface area contributed by atoms with E-state index in [-0.39, 0.29) is 42.9 Å². The molecule has 1 unspecified atom stereocenters. The number of nitrogens with zero attached hydrogens (tertiary/aromatic N) is 2. The van der Waals surface area contributed by atoms with E-state index in [0.29, 0.717) is 11.6 Å². The van der Waals surface area contributed by atoms with E-state index in [4.69, 9.17) is 10.3 Å². The van der Waals surface area contributed by atoms with Crippen LogP contribution in [-0.2, 0) is 27.2 Å². The second-order valence-electron chi connectivity index (χ2n) is 6.09. The monoisotopic (exact) mass is 396 g/mol. The number of amides is 1. The molecule has 0 aliphatic carbocycles. The lowest BCUT2D eigenvalue weighted by Crippen LogP contribution is -2.33. The molecule has 2 aromatic rings. The molecule has 0 aliphatic heterocycles. The van der Waals surface area contributed by atoms with Gasteiger partial charge in [-0.25, -0.2) is 0 Å². The topological polar surface area (TPSA) is 120 Å². The van der Waals surface area contributed by atoms with Gasteiger partial charge in [-0.05, 0) is 30.0 Å². The Bertz CT molecular complexity index is 748. The summed E-state index contributed by atoms with van der Waals surface area (Å²) in [6, 6.07) is 6.87. The van der Waals surface area contributed by atoms with E-state index in [1.807, 2.05) is 24.3 Å². The molecule has 1 aromatic carbocycles.